The van der Waals surface area contributed by atoms with Crippen molar-refractivity contribution in [1.29, 1.82) is 0 Å². The summed E-state index contributed by atoms with van der Waals surface area (Å²) in [6, 6.07) is 13.0. The number of ether oxygens (including phenoxy) is 3. The first-order valence-electron chi connectivity index (χ1n) is 9.52. The molecule has 0 saturated heterocycles. The van der Waals surface area contributed by atoms with Crippen LogP contribution in [-0.4, -0.2) is 32.7 Å². The summed E-state index contributed by atoms with van der Waals surface area (Å²) < 4.78 is 15.5. The van der Waals surface area contributed by atoms with Gasteiger partial charge in [0.15, 0.2) is 18.1 Å². The van der Waals surface area contributed by atoms with E-state index in [9.17, 15) is 9.59 Å². The largest absolute Gasteiger partial charge is 0.493 e. The van der Waals surface area contributed by atoms with Crippen LogP contribution in [0.15, 0.2) is 48.5 Å². The maximum absolute atomic E-state index is 12.0. The molecule has 0 aliphatic rings. The highest BCUT2D eigenvalue weighted by Gasteiger charge is 2.09. The maximum atomic E-state index is 12.0. The fourth-order valence-electron chi connectivity index (χ4n) is 2.72. The molecular weight excluding hydrogens is 370 g/mol. The normalized spacial score (nSPS) is 10.6. The van der Waals surface area contributed by atoms with E-state index in [1.807, 2.05) is 24.3 Å². The first-order chi connectivity index (χ1) is 14.1. The van der Waals surface area contributed by atoms with Crippen molar-refractivity contribution in [3.05, 3.63) is 59.7 Å². The number of carbonyl (C=O) groups excluding carboxylic acids is 2. The van der Waals surface area contributed by atoms with E-state index in [1.165, 1.54) is 25.9 Å². The van der Waals surface area contributed by atoms with E-state index >= 15 is 0 Å². The lowest BCUT2D eigenvalue weighted by Crippen LogP contribution is -2.20. The molecule has 0 saturated carbocycles. The molecule has 0 aliphatic heterocycles. The number of anilines is 1. The van der Waals surface area contributed by atoms with E-state index in [0.717, 1.165) is 19.3 Å². The van der Waals surface area contributed by atoms with Crippen LogP contribution in [0, 0.1) is 0 Å². The van der Waals surface area contributed by atoms with Crippen molar-refractivity contribution in [2.45, 2.75) is 26.2 Å². The molecule has 6 heteroatoms. The SMILES string of the molecule is CCCCc1ccc(NC(=O)COC(=O)/C=C/c2cccc(OC)c2OC)cc1. The van der Waals surface area contributed by atoms with Crippen LogP contribution < -0.4 is 14.8 Å². The number of methoxy groups -OCH3 is 2. The van der Waals surface area contributed by atoms with Gasteiger partial charge in [0.1, 0.15) is 0 Å². The lowest BCUT2D eigenvalue weighted by Gasteiger charge is -2.09. The number of hydrogen-bond acceptors (Lipinski definition) is 5. The second-order valence-electron chi connectivity index (χ2n) is 6.37. The molecule has 1 amide bonds. The van der Waals surface area contributed by atoms with Gasteiger partial charge in [-0.25, -0.2) is 4.79 Å². The predicted molar refractivity (Wildman–Crippen MR) is 113 cm³/mol. The third kappa shape index (κ3) is 6.99. The third-order valence-electron chi connectivity index (χ3n) is 4.23. The molecule has 0 unspecified atom stereocenters. The summed E-state index contributed by atoms with van der Waals surface area (Å²) in [5, 5.41) is 2.71. The monoisotopic (exact) mass is 397 g/mol. The molecule has 29 heavy (non-hydrogen) atoms. The number of unbranched alkanes of at least 4 members (excludes halogenated alkanes) is 1. The summed E-state index contributed by atoms with van der Waals surface area (Å²) in [5.74, 6) is 0.0502. The molecule has 0 heterocycles. The Labute approximate surface area is 171 Å². The molecule has 0 aliphatic carbocycles. The summed E-state index contributed by atoms with van der Waals surface area (Å²) in [6.45, 7) is 1.79. The molecule has 0 aromatic heterocycles. The van der Waals surface area contributed by atoms with Crippen molar-refractivity contribution in [2.24, 2.45) is 0 Å². The number of benzene rings is 2. The van der Waals surface area contributed by atoms with Crippen molar-refractivity contribution < 1.29 is 23.8 Å². The zero-order valence-corrected chi connectivity index (χ0v) is 17.1. The van der Waals surface area contributed by atoms with E-state index < -0.39 is 11.9 Å². The van der Waals surface area contributed by atoms with Crippen LogP contribution >= 0.6 is 0 Å². The Kier molecular flexibility index (Phi) is 8.76. The highest BCUT2D eigenvalue weighted by Crippen LogP contribution is 2.31. The number of amides is 1. The van der Waals surface area contributed by atoms with Gasteiger partial charge in [-0.05, 0) is 42.7 Å². The Morgan fingerprint density at radius 1 is 1.03 bits per heavy atom. The molecule has 6 nitrogen and oxygen atoms in total. The lowest BCUT2D eigenvalue weighted by atomic mass is 10.1. The van der Waals surface area contributed by atoms with Gasteiger partial charge in [0, 0.05) is 17.3 Å². The smallest absolute Gasteiger partial charge is 0.331 e. The van der Waals surface area contributed by atoms with Crippen LogP contribution in [0.3, 0.4) is 0 Å². The molecule has 0 spiro atoms. The zero-order chi connectivity index (χ0) is 21.1. The van der Waals surface area contributed by atoms with Crippen molar-refractivity contribution in [2.75, 3.05) is 26.1 Å². The average molecular weight is 397 g/mol. The third-order valence-corrected chi connectivity index (χ3v) is 4.23. The first-order valence-corrected chi connectivity index (χ1v) is 9.52. The van der Waals surface area contributed by atoms with Gasteiger partial charge in [-0.3, -0.25) is 4.79 Å². The molecule has 2 aromatic carbocycles. The molecule has 2 rings (SSSR count). The number of carbonyl (C=O) groups is 2. The zero-order valence-electron chi connectivity index (χ0n) is 17.1. The predicted octanol–water partition coefficient (Wildman–Crippen LogP) is 4.24. The van der Waals surface area contributed by atoms with Crippen molar-refractivity contribution in [3.8, 4) is 11.5 Å². The van der Waals surface area contributed by atoms with E-state index in [1.54, 1.807) is 24.3 Å². The number of hydrogen-bond donors (Lipinski definition) is 1. The lowest BCUT2D eigenvalue weighted by molar-refractivity contribution is -0.142. The fourth-order valence-corrected chi connectivity index (χ4v) is 2.72. The Morgan fingerprint density at radius 3 is 2.45 bits per heavy atom. The van der Waals surface area contributed by atoms with E-state index in [4.69, 9.17) is 14.2 Å². The van der Waals surface area contributed by atoms with E-state index in [-0.39, 0.29) is 6.61 Å². The van der Waals surface area contributed by atoms with Crippen LogP contribution in [0.1, 0.15) is 30.9 Å². The standard InChI is InChI=1S/C23H27NO5/c1-4-5-7-17-10-13-19(14-11-17)24-21(25)16-29-22(26)15-12-18-8-6-9-20(27-2)23(18)28-3/h6,8-15H,4-5,7,16H2,1-3H3,(H,24,25)/b15-12+. The minimum absolute atomic E-state index is 0.365. The van der Waals surface area contributed by atoms with Gasteiger partial charge in [0.05, 0.1) is 14.2 Å². The Morgan fingerprint density at radius 2 is 1.79 bits per heavy atom. The van der Waals surface area contributed by atoms with Gasteiger partial charge >= 0.3 is 5.97 Å². The Bertz CT molecular complexity index is 843. The average Bonchev–Trinajstić information content (AvgIpc) is 2.75. The van der Waals surface area contributed by atoms with Gasteiger partial charge < -0.3 is 19.5 Å². The topological polar surface area (TPSA) is 73.9 Å². The van der Waals surface area contributed by atoms with Crippen molar-refractivity contribution >= 4 is 23.6 Å². The second kappa shape index (κ2) is 11.5. The van der Waals surface area contributed by atoms with Crippen LogP contribution in [0.2, 0.25) is 0 Å². The summed E-state index contributed by atoms with van der Waals surface area (Å²) in [5.41, 5.74) is 2.56. The van der Waals surface area contributed by atoms with Crippen molar-refractivity contribution in [3.63, 3.8) is 0 Å². The fraction of sp³-hybridized carbons (Fsp3) is 0.304. The Hall–Kier alpha value is -3.28. The molecular formula is C23H27NO5. The number of nitrogens with one attached hydrogen (secondary N) is 1. The minimum atomic E-state index is -0.625. The Balaban J connectivity index is 1.84. The number of rotatable bonds is 10. The van der Waals surface area contributed by atoms with Crippen LogP contribution in [0.4, 0.5) is 5.69 Å². The maximum Gasteiger partial charge on any atom is 0.331 e. The molecule has 1 N–H and O–H groups in total. The van der Waals surface area contributed by atoms with Gasteiger partial charge in [-0.15, -0.1) is 0 Å². The van der Waals surface area contributed by atoms with Crippen LogP contribution in [-0.2, 0) is 20.7 Å². The van der Waals surface area contributed by atoms with Gasteiger partial charge in [0.25, 0.3) is 5.91 Å². The van der Waals surface area contributed by atoms with Gasteiger partial charge in [0.2, 0.25) is 0 Å². The summed E-state index contributed by atoms with van der Waals surface area (Å²) in [4.78, 5) is 23.9. The van der Waals surface area contributed by atoms with Crippen LogP contribution in [0.5, 0.6) is 11.5 Å². The second-order valence-corrected chi connectivity index (χ2v) is 6.37. The summed E-state index contributed by atoms with van der Waals surface area (Å²) in [6.07, 6.45) is 6.09. The number of para-hydroxylation sites is 1. The quantitative estimate of drug-likeness (QED) is 0.479. The summed E-state index contributed by atoms with van der Waals surface area (Å²) in [7, 11) is 3.06. The molecule has 0 radical (unpaired) electrons. The van der Waals surface area contributed by atoms with E-state index in [0.29, 0.717) is 22.7 Å². The molecule has 0 bridgehead atoms. The highest BCUT2D eigenvalue weighted by molar-refractivity contribution is 5.94. The number of esters is 1. The minimum Gasteiger partial charge on any atom is -0.493 e. The first kappa shape index (κ1) is 22.0. The highest BCUT2D eigenvalue weighted by atomic mass is 16.5. The van der Waals surface area contributed by atoms with Gasteiger partial charge in [-0.2, -0.15) is 0 Å². The van der Waals surface area contributed by atoms with Gasteiger partial charge in [-0.1, -0.05) is 37.6 Å². The van der Waals surface area contributed by atoms with Crippen molar-refractivity contribution in [1.82, 2.24) is 0 Å². The number of aryl methyl sites for hydroxylation is 1. The molecule has 0 fully saturated rings. The molecule has 2 aromatic rings. The van der Waals surface area contributed by atoms with Crippen LogP contribution in [0.25, 0.3) is 6.08 Å². The molecule has 0 atom stereocenters. The molecule has 154 valence electrons. The summed E-state index contributed by atoms with van der Waals surface area (Å²) >= 11 is 0. The van der Waals surface area contributed by atoms with E-state index in [2.05, 4.69) is 12.2 Å².